The number of furan rings is 1. The summed E-state index contributed by atoms with van der Waals surface area (Å²) in [4.78, 5) is 0. The third kappa shape index (κ3) is 1.41. The Kier molecular flexibility index (Phi) is 1.89. The van der Waals surface area contributed by atoms with Crippen LogP contribution in [0.4, 0.5) is 11.5 Å². The van der Waals surface area contributed by atoms with Gasteiger partial charge in [0.25, 0.3) is 0 Å². The summed E-state index contributed by atoms with van der Waals surface area (Å²) >= 11 is 0. The van der Waals surface area contributed by atoms with Crippen LogP contribution >= 0.6 is 0 Å². The Morgan fingerprint density at radius 2 is 2.27 bits per heavy atom. The summed E-state index contributed by atoms with van der Waals surface area (Å²) in [5, 5.41) is 13.0. The highest BCUT2D eigenvalue weighted by Crippen LogP contribution is 2.22. The lowest BCUT2D eigenvalue weighted by atomic mass is 10.3. The highest BCUT2D eigenvalue weighted by Gasteiger charge is 2.11. The highest BCUT2D eigenvalue weighted by atomic mass is 16.3. The lowest BCUT2D eigenvalue weighted by molar-refractivity contribution is 0.504. The number of nitrogens with two attached hydrogens (primary N) is 2. The Bertz CT molecular complexity index is 512. The molecule has 0 radical (unpaired) electrons. The molecule has 0 spiro atoms. The van der Waals surface area contributed by atoms with Crippen LogP contribution in [-0.2, 0) is 0 Å². The predicted molar refractivity (Wildman–Crippen MR) is 56.3 cm³/mol. The van der Waals surface area contributed by atoms with E-state index < -0.39 is 0 Å². The molecule has 0 aromatic carbocycles. The first-order chi connectivity index (χ1) is 7.09. The zero-order valence-electron chi connectivity index (χ0n) is 7.84. The van der Waals surface area contributed by atoms with Gasteiger partial charge in [0.05, 0.1) is 17.4 Å². The maximum absolute atomic E-state index is 9.12. The molecule has 0 aliphatic rings. The van der Waals surface area contributed by atoms with Crippen molar-refractivity contribution in [2.45, 2.75) is 0 Å². The van der Waals surface area contributed by atoms with E-state index in [-0.39, 0.29) is 5.76 Å². The van der Waals surface area contributed by atoms with E-state index in [9.17, 15) is 0 Å². The number of nitrogens with zero attached hydrogens (tertiary/aromatic N) is 2. The molecule has 0 aliphatic heterocycles. The topological polar surface area (TPSA) is 103 Å². The number of hydrogen-bond acceptors (Lipinski definition) is 5. The van der Waals surface area contributed by atoms with Crippen molar-refractivity contribution in [1.82, 2.24) is 9.78 Å². The third-order valence-corrected chi connectivity index (χ3v) is 1.96. The average Bonchev–Trinajstić information content (AvgIpc) is 2.76. The van der Waals surface area contributed by atoms with Gasteiger partial charge in [-0.1, -0.05) is 6.58 Å². The van der Waals surface area contributed by atoms with E-state index in [0.717, 1.165) is 0 Å². The number of aliphatic hydroxyl groups excluding tert-OH is 1. The summed E-state index contributed by atoms with van der Waals surface area (Å²) in [5.41, 5.74) is 12.0. The van der Waals surface area contributed by atoms with E-state index in [1.807, 2.05) is 0 Å². The number of hydrogen-bond donors (Lipinski definition) is 3. The van der Waals surface area contributed by atoms with E-state index >= 15 is 0 Å². The maximum Gasteiger partial charge on any atom is 0.222 e. The summed E-state index contributed by atoms with van der Waals surface area (Å²) in [6, 6.07) is 1.56. The molecule has 15 heavy (non-hydrogen) atoms. The number of rotatable bonds is 2. The van der Waals surface area contributed by atoms with Crippen molar-refractivity contribution in [3.05, 3.63) is 30.7 Å². The molecule has 0 unspecified atom stereocenters. The summed E-state index contributed by atoms with van der Waals surface area (Å²) in [6.45, 7) is 3.37. The van der Waals surface area contributed by atoms with E-state index in [1.165, 1.54) is 17.1 Å². The van der Waals surface area contributed by atoms with Crippen molar-refractivity contribution in [3.63, 3.8) is 0 Å². The van der Waals surface area contributed by atoms with Crippen LogP contribution in [0.25, 0.3) is 11.6 Å². The Labute approximate surface area is 85.4 Å². The molecule has 5 N–H and O–H groups in total. The zero-order valence-corrected chi connectivity index (χ0v) is 7.84. The fraction of sp³-hybridized carbons (Fsp3) is 0. The molecule has 0 amide bonds. The third-order valence-electron chi connectivity index (χ3n) is 1.96. The summed E-state index contributed by atoms with van der Waals surface area (Å²) in [7, 11) is 0. The lowest BCUT2D eigenvalue weighted by Gasteiger charge is -1.97. The summed E-state index contributed by atoms with van der Waals surface area (Å²) in [5.74, 6) is 0.581. The van der Waals surface area contributed by atoms with Gasteiger partial charge in [-0.05, 0) is 0 Å². The first-order valence-corrected chi connectivity index (χ1v) is 4.15. The van der Waals surface area contributed by atoms with Crippen LogP contribution in [0.1, 0.15) is 5.56 Å². The van der Waals surface area contributed by atoms with Crippen molar-refractivity contribution in [2.24, 2.45) is 0 Å². The fourth-order valence-corrected chi connectivity index (χ4v) is 1.13. The van der Waals surface area contributed by atoms with Gasteiger partial charge in [0.1, 0.15) is 12.0 Å². The average molecular weight is 206 g/mol. The zero-order chi connectivity index (χ0) is 11.0. The highest BCUT2D eigenvalue weighted by molar-refractivity contribution is 5.61. The molecule has 6 nitrogen and oxygen atoms in total. The molecule has 2 heterocycles. The molecule has 0 aliphatic carbocycles. The Balaban J connectivity index is 2.46. The molecule has 0 saturated heterocycles. The minimum Gasteiger partial charge on any atom is -0.508 e. The van der Waals surface area contributed by atoms with Crippen molar-refractivity contribution < 1.29 is 9.52 Å². The lowest BCUT2D eigenvalue weighted by Crippen LogP contribution is -2.01. The molecule has 78 valence electrons. The van der Waals surface area contributed by atoms with Crippen LogP contribution in [0.3, 0.4) is 0 Å². The first kappa shape index (κ1) is 9.20. The molecule has 6 heteroatoms. The fourth-order valence-electron chi connectivity index (χ4n) is 1.13. The van der Waals surface area contributed by atoms with E-state index in [4.69, 9.17) is 21.0 Å². The Morgan fingerprint density at radius 3 is 2.73 bits per heavy atom. The molecule has 0 fully saturated rings. The smallest absolute Gasteiger partial charge is 0.222 e. The number of aliphatic hydroxyl groups is 1. The Hall–Kier alpha value is -2.37. The van der Waals surface area contributed by atoms with Crippen LogP contribution in [0.5, 0.6) is 0 Å². The SMILES string of the molecule is C=C(O)c1coc(-n2ncc(N)c2N)c1. The minimum absolute atomic E-state index is 0.0799. The van der Waals surface area contributed by atoms with Gasteiger partial charge in [0.2, 0.25) is 5.88 Å². The van der Waals surface area contributed by atoms with Crippen LogP contribution in [0.2, 0.25) is 0 Å². The predicted octanol–water partition coefficient (Wildman–Crippen LogP) is 1.16. The molecule has 2 aromatic heterocycles. The second-order valence-electron chi connectivity index (χ2n) is 3.02. The van der Waals surface area contributed by atoms with Crippen molar-refractivity contribution in [3.8, 4) is 5.88 Å². The molecule has 2 aromatic rings. The molecule has 0 atom stereocenters. The van der Waals surface area contributed by atoms with Crippen molar-refractivity contribution >= 4 is 17.3 Å². The quantitative estimate of drug-likeness (QED) is 0.639. The van der Waals surface area contributed by atoms with E-state index in [0.29, 0.717) is 23.0 Å². The normalized spacial score (nSPS) is 10.4. The monoisotopic (exact) mass is 206 g/mol. The standard InChI is InChI=1S/C9H10N4O2/c1-5(14)6-2-8(15-4-6)13-9(11)7(10)3-12-13/h2-4,14H,1,10-11H2. The molecule has 0 bridgehead atoms. The second-order valence-corrected chi connectivity index (χ2v) is 3.02. The van der Waals surface area contributed by atoms with Gasteiger partial charge in [0, 0.05) is 6.07 Å². The Morgan fingerprint density at radius 1 is 1.53 bits per heavy atom. The van der Waals surface area contributed by atoms with Gasteiger partial charge in [-0.25, -0.2) is 0 Å². The number of nitrogen functional groups attached to an aromatic ring is 2. The largest absolute Gasteiger partial charge is 0.508 e. The van der Waals surface area contributed by atoms with Crippen LogP contribution in [-0.4, -0.2) is 14.9 Å². The molecule has 0 saturated carbocycles. The van der Waals surface area contributed by atoms with Gasteiger partial charge in [-0.15, -0.1) is 0 Å². The minimum atomic E-state index is -0.0799. The van der Waals surface area contributed by atoms with Gasteiger partial charge < -0.3 is 21.0 Å². The van der Waals surface area contributed by atoms with Gasteiger partial charge in [-0.2, -0.15) is 9.78 Å². The van der Waals surface area contributed by atoms with Crippen molar-refractivity contribution in [1.29, 1.82) is 0 Å². The number of anilines is 2. The van der Waals surface area contributed by atoms with Crippen LogP contribution in [0, 0.1) is 0 Å². The van der Waals surface area contributed by atoms with Gasteiger partial charge >= 0.3 is 0 Å². The number of aromatic nitrogens is 2. The molecule has 2 rings (SSSR count). The van der Waals surface area contributed by atoms with Crippen LogP contribution in [0.15, 0.2) is 29.5 Å². The van der Waals surface area contributed by atoms with Gasteiger partial charge in [0.15, 0.2) is 5.82 Å². The maximum atomic E-state index is 9.12. The summed E-state index contributed by atoms with van der Waals surface area (Å²) < 4.78 is 6.49. The second kappa shape index (κ2) is 3.09. The van der Waals surface area contributed by atoms with E-state index in [1.54, 1.807) is 6.07 Å². The van der Waals surface area contributed by atoms with Crippen molar-refractivity contribution in [2.75, 3.05) is 11.5 Å². The first-order valence-electron chi connectivity index (χ1n) is 4.15. The summed E-state index contributed by atoms with van der Waals surface area (Å²) in [6.07, 6.45) is 2.78. The molecular weight excluding hydrogens is 196 g/mol. The van der Waals surface area contributed by atoms with Crippen LogP contribution < -0.4 is 11.5 Å². The molecular formula is C9H10N4O2. The van der Waals surface area contributed by atoms with E-state index in [2.05, 4.69) is 11.7 Å². The van der Waals surface area contributed by atoms with Gasteiger partial charge in [-0.3, -0.25) is 0 Å².